The molecule has 26 heavy (non-hydrogen) atoms. The van der Waals surface area contributed by atoms with Gasteiger partial charge in [-0.15, -0.1) is 0 Å². The van der Waals surface area contributed by atoms with E-state index in [9.17, 15) is 9.59 Å². The third kappa shape index (κ3) is 2.84. The van der Waals surface area contributed by atoms with Crippen LogP contribution in [0.2, 0.25) is 0 Å². The van der Waals surface area contributed by atoms with Gasteiger partial charge in [-0.25, -0.2) is 0 Å². The molecule has 1 amide bonds. The quantitative estimate of drug-likeness (QED) is 0.580. The fraction of sp³-hybridized carbons (Fsp3) is 0.524. The van der Waals surface area contributed by atoms with Gasteiger partial charge in [-0.05, 0) is 17.9 Å². The summed E-state index contributed by atoms with van der Waals surface area (Å²) in [5, 5.41) is 0. The molecule has 138 valence electrons. The molecular weight excluding hydrogens is 330 g/mol. The first kappa shape index (κ1) is 17.3. The Bertz CT molecular complexity index is 729. The number of hydrogen-bond donors (Lipinski definition) is 0. The zero-order valence-corrected chi connectivity index (χ0v) is 15.3. The summed E-state index contributed by atoms with van der Waals surface area (Å²) in [7, 11) is 0. The maximum Gasteiger partial charge on any atom is 0.312 e. The first-order chi connectivity index (χ1) is 12.5. The minimum atomic E-state index is -0.653. The van der Waals surface area contributed by atoms with E-state index in [4.69, 9.17) is 9.47 Å². The normalized spacial score (nSPS) is 31.7. The highest BCUT2D eigenvalue weighted by molar-refractivity contribution is 5.91. The summed E-state index contributed by atoms with van der Waals surface area (Å²) in [4.78, 5) is 27.5. The van der Waals surface area contributed by atoms with Crippen LogP contribution in [-0.4, -0.2) is 48.2 Å². The molecule has 2 bridgehead atoms. The summed E-state index contributed by atoms with van der Waals surface area (Å²) in [6.45, 7) is 5.52. The average molecular weight is 355 g/mol. The Labute approximate surface area is 154 Å². The Kier molecular flexibility index (Phi) is 4.35. The second-order valence-electron chi connectivity index (χ2n) is 7.92. The summed E-state index contributed by atoms with van der Waals surface area (Å²) in [5.74, 6) is -0.997. The van der Waals surface area contributed by atoms with Crippen LogP contribution in [0.25, 0.3) is 0 Å². The summed E-state index contributed by atoms with van der Waals surface area (Å²) < 4.78 is 11.5. The number of carbonyl (C=O) groups is 2. The van der Waals surface area contributed by atoms with Gasteiger partial charge in [-0.3, -0.25) is 9.59 Å². The maximum absolute atomic E-state index is 13.1. The van der Waals surface area contributed by atoms with Crippen LogP contribution in [-0.2, 0) is 25.5 Å². The van der Waals surface area contributed by atoms with Crippen molar-refractivity contribution in [1.82, 2.24) is 4.90 Å². The summed E-state index contributed by atoms with van der Waals surface area (Å²) >= 11 is 0. The van der Waals surface area contributed by atoms with Gasteiger partial charge in [-0.1, -0.05) is 56.3 Å². The van der Waals surface area contributed by atoms with Gasteiger partial charge in [-0.2, -0.15) is 0 Å². The van der Waals surface area contributed by atoms with Crippen molar-refractivity contribution >= 4 is 11.9 Å². The van der Waals surface area contributed by atoms with Gasteiger partial charge in [0.25, 0.3) is 0 Å². The third-order valence-corrected chi connectivity index (χ3v) is 5.52. The number of esters is 1. The average Bonchev–Trinajstić information content (AvgIpc) is 3.27. The SMILES string of the molecule is CC(C)COC(=O)C1[C@@H]2C=C[C@]3(CN(CCc4ccccc4)C(=O)[C@H]13)O2. The lowest BCUT2D eigenvalue weighted by atomic mass is 9.77. The summed E-state index contributed by atoms with van der Waals surface area (Å²) in [6.07, 6.45) is 4.37. The van der Waals surface area contributed by atoms with Crippen LogP contribution in [0.1, 0.15) is 19.4 Å². The van der Waals surface area contributed by atoms with Crippen LogP contribution < -0.4 is 0 Å². The number of amides is 1. The van der Waals surface area contributed by atoms with Crippen LogP contribution >= 0.6 is 0 Å². The lowest BCUT2D eigenvalue weighted by molar-refractivity contribution is -0.154. The number of fused-ring (bicyclic) bond motifs is 1. The van der Waals surface area contributed by atoms with Gasteiger partial charge in [0.05, 0.1) is 25.2 Å². The van der Waals surface area contributed by atoms with E-state index < -0.39 is 17.4 Å². The van der Waals surface area contributed by atoms with E-state index in [1.165, 1.54) is 5.56 Å². The van der Waals surface area contributed by atoms with Crippen LogP contribution in [0.4, 0.5) is 0 Å². The predicted molar refractivity (Wildman–Crippen MR) is 96.2 cm³/mol. The molecular formula is C21H25NO4. The second kappa shape index (κ2) is 6.54. The summed E-state index contributed by atoms with van der Waals surface area (Å²) in [6, 6.07) is 10.1. The van der Waals surface area contributed by atoms with Crippen LogP contribution in [0.5, 0.6) is 0 Å². The highest BCUT2D eigenvalue weighted by Gasteiger charge is 2.67. The number of carbonyl (C=O) groups excluding carboxylic acids is 2. The molecule has 4 atom stereocenters. The van der Waals surface area contributed by atoms with E-state index in [0.29, 0.717) is 19.7 Å². The Morgan fingerprint density at radius 2 is 2.12 bits per heavy atom. The Balaban J connectivity index is 1.47. The molecule has 0 saturated carbocycles. The van der Waals surface area contributed by atoms with Crippen molar-refractivity contribution in [2.75, 3.05) is 19.7 Å². The molecule has 3 heterocycles. The number of likely N-dealkylation sites (tertiary alicyclic amines) is 1. The highest BCUT2D eigenvalue weighted by Crippen LogP contribution is 2.52. The standard InChI is InChI=1S/C21H25NO4/c1-14(2)12-25-20(24)17-16-8-10-21(26-16)13-22(19(23)18(17)21)11-9-15-6-4-3-5-7-15/h3-8,10,14,16-18H,9,11-13H2,1-2H3/t16-,17?,18-,21+/m0/s1. The van der Waals surface area contributed by atoms with Crippen molar-refractivity contribution in [3.63, 3.8) is 0 Å². The van der Waals surface area contributed by atoms with Crippen molar-refractivity contribution in [3.05, 3.63) is 48.0 Å². The maximum atomic E-state index is 13.1. The van der Waals surface area contributed by atoms with E-state index in [-0.39, 0.29) is 23.9 Å². The minimum absolute atomic E-state index is 0.0132. The molecule has 3 aliphatic rings. The van der Waals surface area contributed by atoms with Gasteiger partial charge in [0, 0.05) is 6.54 Å². The van der Waals surface area contributed by atoms with E-state index in [2.05, 4.69) is 12.1 Å². The number of hydrogen-bond acceptors (Lipinski definition) is 4. The molecule has 0 aromatic heterocycles. The molecule has 5 nitrogen and oxygen atoms in total. The Morgan fingerprint density at radius 3 is 2.85 bits per heavy atom. The monoisotopic (exact) mass is 355 g/mol. The molecule has 4 rings (SSSR count). The zero-order chi connectivity index (χ0) is 18.3. The van der Waals surface area contributed by atoms with Crippen LogP contribution in [0.15, 0.2) is 42.5 Å². The van der Waals surface area contributed by atoms with E-state index in [1.54, 1.807) is 0 Å². The van der Waals surface area contributed by atoms with Gasteiger partial charge in [0.15, 0.2) is 0 Å². The van der Waals surface area contributed by atoms with Crippen molar-refractivity contribution < 1.29 is 19.1 Å². The molecule has 0 N–H and O–H groups in total. The molecule has 0 aliphatic carbocycles. The molecule has 3 aliphatic heterocycles. The van der Waals surface area contributed by atoms with Crippen molar-refractivity contribution in [1.29, 1.82) is 0 Å². The topological polar surface area (TPSA) is 55.8 Å². The first-order valence-electron chi connectivity index (χ1n) is 9.37. The molecule has 1 unspecified atom stereocenters. The fourth-order valence-corrected chi connectivity index (χ4v) is 4.29. The number of benzene rings is 1. The van der Waals surface area contributed by atoms with Gasteiger partial charge in [0.2, 0.25) is 5.91 Å². The number of nitrogens with zero attached hydrogens (tertiary/aromatic N) is 1. The summed E-state index contributed by atoms with van der Waals surface area (Å²) in [5.41, 5.74) is 0.545. The lowest BCUT2D eigenvalue weighted by Crippen LogP contribution is -2.40. The van der Waals surface area contributed by atoms with Gasteiger partial charge >= 0.3 is 5.97 Å². The smallest absolute Gasteiger partial charge is 0.312 e. The predicted octanol–water partition coefficient (Wildman–Crippen LogP) is 2.21. The molecule has 1 aromatic rings. The number of rotatable bonds is 6. The number of ether oxygens (including phenoxy) is 2. The van der Waals surface area contributed by atoms with Crippen molar-refractivity contribution in [2.24, 2.45) is 17.8 Å². The highest BCUT2D eigenvalue weighted by atomic mass is 16.6. The molecule has 1 spiro atoms. The van der Waals surface area contributed by atoms with E-state index in [1.807, 2.05) is 49.1 Å². The second-order valence-corrected chi connectivity index (χ2v) is 7.92. The van der Waals surface area contributed by atoms with Crippen LogP contribution in [0.3, 0.4) is 0 Å². The third-order valence-electron chi connectivity index (χ3n) is 5.52. The largest absolute Gasteiger partial charge is 0.465 e. The lowest BCUT2D eigenvalue weighted by Gasteiger charge is -2.23. The van der Waals surface area contributed by atoms with E-state index in [0.717, 1.165) is 6.42 Å². The Morgan fingerprint density at radius 1 is 1.35 bits per heavy atom. The van der Waals surface area contributed by atoms with E-state index >= 15 is 0 Å². The molecule has 2 fully saturated rings. The van der Waals surface area contributed by atoms with Crippen molar-refractivity contribution in [2.45, 2.75) is 32.0 Å². The first-order valence-corrected chi connectivity index (χ1v) is 9.37. The minimum Gasteiger partial charge on any atom is -0.465 e. The van der Waals surface area contributed by atoms with Gasteiger partial charge in [0.1, 0.15) is 11.5 Å². The van der Waals surface area contributed by atoms with Crippen LogP contribution in [0, 0.1) is 17.8 Å². The van der Waals surface area contributed by atoms with Crippen molar-refractivity contribution in [3.8, 4) is 0 Å². The molecule has 5 heteroatoms. The molecule has 1 aromatic carbocycles. The van der Waals surface area contributed by atoms with Gasteiger partial charge < -0.3 is 14.4 Å². The zero-order valence-electron chi connectivity index (χ0n) is 15.3. The molecule has 2 saturated heterocycles. The Hall–Kier alpha value is -2.14. The molecule has 0 radical (unpaired) electrons. The fourth-order valence-electron chi connectivity index (χ4n) is 4.29.